The Bertz CT molecular complexity index is 926. The molecule has 4 amide bonds. The van der Waals surface area contributed by atoms with Gasteiger partial charge >= 0.3 is 6.03 Å². The highest BCUT2D eigenvalue weighted by Gasteiger charge is 2.34. The Morgan fingerprint density at radius 1 is 1.02 bits per heavy atom. The van der Waals surface area contributed by atoms with E-state index in [1.807, 2.05) is 26.8 Å². The molecule has 4 atom stereocenters. The first-order valence-corrected chi connectivity index (χ1v) is 14.9. The second-order valence-corrected chi connectivity index (χ2v) is 11.4. The molecule has 41 heavy (non-hydrogen) atoms. The van der Waals surface area contributed by atoms with Gasteiger partial charge in [0.25, 0.3) is 5.91 Å². The summed E-state index contributed by atoms with van der Waals surface area (Å²) in [5.41, 5.74) is 6.93. The molecule has 0 spiro atoms. The average molecular weight is 579 g/mol. The number of aliphatic hydroxyl groups is 1. The predicted octanol–water partition coefficient (Wildman–Crippen LogP) is 3.81. The lowest BCUT2D eigenvalue weighted by Crippen LogP contribution is -2.48. The van der Waals surface area contributed by atoms with E-state index in [4.69, 9.17) is 15.2 Å². The quantitative estimate of drug-likeness (QED) is 0.183. The Hall–Kier alpha value is -2.69. The number of imide groups is 1. The second kappa shape index (κ2) is 19.4. The van der Waals surface area contributed by atoms with E-state index < -0.39 is 24.1 Å². The number of rotatable bonds is 19. The van der Waals surface area contributed by atoms with E-state index >= 15 is 0 Å². The van der Waals surface area contributed by atoms with Crippen molar-refractivity contribution in [1.29, 1.82) is 0 Å². The molecule has 4 unspecified atom stereocenters. The fourth-order valence-electron chi connectivity index (χ4n) is 4.69. The van der Waals surface area contributed by atoms with Crippen LogP contribution in [0.25, 0.3) is 0 Å². The van der Waals surface area contributed by atoms with Crippen LogP contribution in [-0.4, -0.2) is 80.5 Å². The molecule has 234 valence electrons. The number of nitrogens with zero attached hydrogens (tertiary/aromatic N) is 1. The van der Waals surface area contributed by atoms with E-state index in [-0.39, 0.29) is 36.0 Å². The molecule has 0 saturated carbocycles. The topological polar surface area (TPSA) is 143 Å². The molecule has 1 rings (SSSR count). The first-order chi connectivity index (χ1) is 19.5. The largest absolute Gasteiger partial charge is 0.493 e. The summed E-state index contributed by atoms with van der Waals surface area (Å²) >= 11 is 0. The van der Waals surface area contributed by atoms with E-state index in [0.29, 0.717) is 50.5 Å². The number of amides is 4. The third-order valence-electron chi connectivity index (χ3n) is 7.46. The third kappa shape index (κ3) is 12.4. The fourth-order valence-corrected chi connectivity index (χ4v) is 4.69. The number of nitrogens with two attached hydrogens (primary N) is 1. The Morgan fingerprint density at radius 3 is 2.27 bits per heavy atom. The standard InChI is InChI=1S/C31H54N4O6/c1-8-15-35(31(39)33-6)30(38)25(22(4)5)19-27(36)26(32)18-23(21(2)3)20-34-29(37)24-13-9-10-14-28(24)41-17-12-11-16-40-7/h9-10,13-14,21-23,25-27,36H,8,11-12,15-20,32H2,1-7H3,(H,33,39)(H,34,37). The summed E-state index contributed by atoms with van der Waals surface area (Å²) in [6.07, 6.45) is 2.02. The van der Waals surface area contributed by atoms with Crippen LogP contribution in [0.2, 0.25) is 0 Å². The smallest absolute Gasteiger partial charge is 0.323 e. The molecular formula is C31H54N4O6. The average Bonchev–Trinajstić information content (AvgIpc) is 2.95. The summed E-state index contributed by atoms with van der Waals surface area (Å²) in [4.78, 5) is 39.9. The van der Waals surface area contributed by atoms with Gasteiger partial charge in [0.15, 0.2) is 0 Å². The lowest BCUT2D eigenvalue weighted by molar-refractivity contribution is -0.135. The zero-order valence-electron chi connectivity index (χ0n) is 26.2. The number of methoxy groups -OCH3 is 1. The van der Waals surface area contributed by atoms with Crippen molar-refractivity contribution in [3.63, 3.8) is 0 Å². The van der Waals surface area contributed by atoms with Crippen molar-refractivity contribution < 1.29 is 29.0 Å². The van der Waals surface area contributed by atoms with Crippen molar-refractivity contribution in [2.45, 2.75) is 78.9 Å². The maximum Gasteiger partial charge on any atom is 0.323 e. The van der Waals surface area contributed by atoms with Crippen molar-refractivity contribution in [3.8, 4) is 5.75 Å². The van der Waals surface area contributed by atoms with Gasteiger partial charge < -0.3 is 30.9 Å². The van der Waals surface area contributed by atoms with Crippen molar-refractivity contribution in [2.75, 3.05) is 40.5 Å². The highest BCUT2D eigenvalue weighted by Crippen LogP contribution is 2.25. The molecule has 5 N–H and O–H groups in total. The van der Waals surface area contributed by atoms with E-state index in [0.717, 1.165) is 12.8 Å². The van der Waals surface area contributed by atoms with Crippen LogP contribution in [0.3, 0.4) is 0 Å². The van der Waals surface area contributed by atoms with E-state index in [2.05, 4.69) is 24.5 Å². The zero-order valence-corrected chi connectivity index (χ0v) is 26.2. The maximum atomic E-state index is 13.3. The molecule has 0 heterocycles. The van der Waals surface area contributed by atoms with Gasteiger partial charge in [-0.15, -0.1) is 0 Å². The summed E-state index contributed by atoms with van der Waals surface area (Å²) in [7, 11) is 3.16. The number of aliphatic hydroxyl groups excluding tert-OH is 1. The number of hydrogen-bond acceptors (Lipinski definition) is 7. The Kier molecular flexibility index (Phi) is 17.2. The second-order valence-electron chi connectivity index (χ2n) is 11.4. The summed E-state index contributed by atoms with van der Waals surface area (Å²) in [5, 5.41) is 16.6. The van der Waals surface area contributed by atoms with Crippen molar-refractivity contribution in [3.05, 3.63) is 29.8 Å². The van der Waals surface area contributed by atoms with Gasteiger partial charge in [0.2, 0.25) is 5.91 Å². The van der Waals surface area contributed by atoms with Crippen LogP contribution in [0.15, 0.2) is 24.3 Å². The lowest BCUT2D eigenvalue weighted by Gasteiger charge is -2.32. The van der Waals surface area contributed by atoms with Gasteiger partial charge in [0, 0.05) is 45.8 Å². The van der Waals surface area contributed by atoms with Crippen LogP contribution in [0.4, 0.5) is 4.79 Å². The van der Waals surface area contributed by atoms with Gasteiger partial charge in [-0.25, -0.2) is 4.79 Å². The van der Waals surface area contributed by atoms with Gasteiger partial charge in [-0.2, -0.15) is 0 Å². The minimum absolute atomic E-state index is 0.00128. The fraction of sp³-hybridized carbons (Fsp3) is 0.710. The van der Waals surface area contributed by atoms with Crippen LogP contribution >= 0.6 is 0 Å². The molecule has 0 bridgehead atoms. The lowest BCUT2D eigenvalue weighted by atomic mass is 9.83. The summed E-state index contributed by atoms with van der Waals surface area (Å²) < 4.78 is 10.9. The van der Waals surface area contributed by atoms with Gasteiger partial charge in [-0.3, -0.25) is 14.5 Å². The first kappa shape index (κ1) is 36.3. The molecule has 0 fully saturated rings. The number of carbonyl (C=O) groups is 3. The number of hydrogen-bond donors (Lipinski definition) is 4. The van der Waals surface area contributed by atoms with Gasteiger partial charge in [0.1, 0.15) is 5.75 Å². The molecule has 0 radical (unpaired) electrons. The highest BCUT2D eigenvalue weighted by atomic mass is 16.5. The summed E-state index contributed by atoms with van der Waals surface area (Å²) in [6, 6.07) is 6.12. The Balaban J connectivity index is 2.83. The van der Waals surface area contributed by atoms with E-state index in [1.165, 1.54) is 11.9 Å². The number of benzene rings is 1. The number of para-hydroxylation sites is 1. The molecule has 1 aromatic carbocycles. The molecule has 0 aromatic heterocycles. The number of unbranched alkanes of at least 4 members (excludes halogenated alkanes) is 1. The number of carbonyl (C=O) groups excluding carboxylic acids is 3. The molecule has 1 aromatic rings. The Labute approximate surface area is 246 Å². The van der Waals surface area contributed by atoms with E-state index in [1.54, 1.807) is 25.3 Å². The molecule has 0 saturated heterocycles. The minimum atomic E-state index is -0.941. The molecule has 0 aliphatic carbocycles. The monoisotopic (exact) mass is 578 g/mol. The molecule has 10 nitrogen and oxygen atoms in total. The number of ether oxygens (including phenoxy) is 2. The van der Waals surface area contributed by atoms with Crippen LogP contribution in [-0.2, 0) is 9.53 Å². The van der Waals surface area contributed by atoms with E-state index in [9.17, 15) is 19.5 Å². The predicted molar refractivity (Wildman–Crippen MR) is 162 cm³/mol. The third-order valence-corrected chi connectivity index (χ3v) is 7.46. The first-order valence-electron chi connectivity index (χ1n) is 14.9. The number of nitrogens with one attached hydrogen (secondary N) is 2. The molecule has 0 aliphatic heterocycles. The summed E-state index contributed by atoms with van der Waals surface area (Å²) in [6.45, 7) is 11.7. The van der Waals surface area contributed by atoms with Crippen molar-refractivity contribution in [2.24, 2.45) is 29.4 Å². The summed E-state index contributed by atoms with van der Waals surface area (Å²) in [5.74, 6) is -0.446. The van der Waals surface area contributed by atoms with Gasteiger partial charge in [-0.1, -0.05) is 46.8 Å². The molecular weight excluding hydrogens is 524 g/mol. The number of urea groups is 1. The van der Waals surface area contributed by atoms with Crippen molar-refractivity contribution >= 4 is 17.8 Å². The van der Waals surface area contributed by atoms with Crippen LogP contribution in [0.5, 0.6) is 5.75 Å². The van der Waals surface area contributed by atoms with Gasteiger partial charge in [-0.05, 0) is 62.0 Å². The maximum absolute atomic E-state index is 13.3. The van der Waals surface area contributed by atoms with Gasteiger partial charge in [0.05, 0.1) is 18.3 Å². The van der Waals surface area contributed by atoms with Crippen LogP contribution in [0, 0.1) is 23.7 Å². The SMILES string of the molecule is CCCN(C(=O)NC)C(=O)C(CC(O)C(N)CC(CNC(=O)c1ccccc1OCCCCOC)C(C)C)C(C)C. The van der Waals surface area contributed by atoms with Crippen LogP contribution < -0.4 is 21.1 Å². The Morgan fingerprint density at radius 2 is 1.68 bits per heavy atom. The minimum Gasteiger partial charge on any atom is -0.493 e. The zero-order chi connectivity index (χ0) is 30.9. The normalized spacial score (nSPS) is 14.3. The van der Waals surface area contributed by atoms with Crippen LogP contribution in [0.1, 0.15) is 77.1 Å². The van der Waals surface area contributed by atoms with Crippen molar-refractivity contribution in [1.82, 2.24) is 15.5 Å². The molecule has 10 heteroatoms. The molecule has 0 aliphatic rings. The highest BCUT2D eigenvalue weighted by molar-refractivity contribution is 5.97.